The SMILES string of the molecule is CSCCCCNC(=O)Nc1ccc(C(=O)O)c(F)c1. The van der Waals surface area contributed by atoms with Gasteiger partial charge in [0.1, 0.15) is 5.82 Å². The maximum Gasteiger partial charge on any atom is 0.338 e. The molecule has 0 unspecified atom stereocenters. The summed E-state index contributed by atoms with van der Waals surface area (Å²) in [6.45, 7) is 0.544. The van der Waals surface area contributed by atoms with Crippen LogP contribution in [0.5, 0.6) is 0 Å². The molecule has 1 aromatic carbocycles. The molecule has 2 amide bonds. The summed E-state index contributed by atoms with van der Waals surface area (Å²) >= 11 is 1.75. The topological polar surface area (TPSA) is 78.4 Å². The second kappa shape index (κ2) is 8.42. The number of nitrogens with one attached hydrogen (secondary N) is 2. The fraction of sp³-hybridized carbons (Fsp3) is 0.385. The van der Waals surface area contributed by atoms with Gasteiger partial charge in [-0.15, -0.1) is 0 Å². The highest BCUT2D eigenvalue weighted by Gasteiger charge is 2.11. The average molecular weight is 300 g/mol. The summed E-state index contributed by atoms with van der Waals surface area (Å²) < 4.78 is 13.4. The maximum atomic E-state index is 13.4. The normalized spacial score (nSPS) is 10.1. The summed E-state index contributed by atoms with van der Waals surface area (Å²) in [5, 5.41) is 13.8. The largest absolute Gasteiger partial charge is 0.478 e. The van der Waals surface area contributed by atoms with Gasteiger partial charge < -0.3 is 15.7 Å². The van der Waals surface area contributed by atoms with E-state index >= 15 is 0 Å². The molecule has 110 valence electrons. The van der Waals surface area contributed by atoms with Gasteiger partial charge in [-0.2, -0.15) is 11.8 Å². The zero-order valence-corrected chi connectivity index (χ0v) is 11.9. The van der Waals surface area contributed by atoms with E-state index in [-0.39, 0.29) is 5.69 Å². The van der Waals surface area contributed by atoms with Gasteiger partial charge in [0.05, 0.1) is 5.56 Å². The molecule has 1 aromatic rings. The number of hydrogen-bond acceptors (Lipinski definition) is 3. The van der Waals surface area contributed by atoms with E-state index in [1.54, 1.807) is 11.8 Å². The molecule has 1 rings (SSSR count). The Morgan fingerprint density at radius 2 is 2.10 bits per heavy atom. The first-order valence-electron chi connectivity index (χ1n) is 6.11. The van der Waals surface area contributed by atoms with E-state index in [0.29, 0.717) is 6.54 Å². The molecule has 0 saturated carbocycles. The van der Waals surface area contributed by atoms with Crippen molar-refractivity contribution in [1.82, 2.24) is 5.32 Å². The molecule has 0 aliphatic rings. The number of thioether (sulfide) groups is 1. The highest BCUT2D eigenvalue weighted by Crippen LogP contribution is 2.14. The molecule has 0 aliphatic carbocycles. The van der Waals surface area contributed by atoms with E-state index in [9.17, 15) is 14.0 Å². The summed E-state index contributed by atoms with van der Waals surface area (Å²) in [7, 11) is 0. The van der Waals surface area contributed by atoms with Crippen molar-refractivity contribution in [2.45, 2.75) is 12.8 Å². The highest BCUT2D eigenvalue weighted by atomic mass is 32.2. The molecule has 0 heterocycles. The standard InChI is InChI=1S/C13H17FN2O3S/c1-20-7-3-2-6-15-13(19)16-9-4-5-10(12(17)18)11(14)8-9/h4-5,8H,2-3,6-7H2,1H3,(H,17,18)(H2,15,16,19). The Balaban J connectivity index is 2.42. The fourth-order valence-corrected chi connectivity index (χ4v) is 2.01. The number of carbonyl (C=O) groups is 2. The molecule has 0 bridgehead atoms. The fourth-order valence-electron chi connectivity index (χ4n) is 1.51. The van der Waals surface area contributed by atoms with Crippen LogP contribution in [0.3, 0.4) is 0 Å². The number of anilines is 1. The second-order valence-electron chi connectivity index (χ2n) is 4.08. The molecule has 5 nitrogen and oxygen atoms in total. The van der Waals surface area contributed by atoms with Crippen molar-refractivity contribution in [2.24, 2.45) is 0 Å². The zero-order valence-electron chi connectivity index (χ0n) is 11.1. The Labute approximate surface area is 120 Å². The van der Waals surface area contributed by atoms with Gasteiger partial charge >= 0.3 is 12.0 Å². The first-order chi connectivity index (χ1) is 9.54. The van der Waals surface area contributed by atoms with Crippen LogP contribution in [0.15, 0.2) is 18.2 Å². The van der Waals surface area contributed by atoms with Crippen molar-refractivity contribution in [1.29, 1.82) is 0 Å². The van der Waals surface area contributed by atoms with E-state index in [2.05, 4.69) is 10.6 Å². The average Bonchev–Trinajstić information content (AvgIpc) is 2.38. The van der Waals surface area contributed by atoms with Crippen LogP contribution in [0.25, 0.3) is 0 Å². The molecular formula is C13H17FN2O3S. The highest BCUT2D eigenvalue weighted by molar-refractivity contribution is 7.98. The number of carboxylic acids is 1. The summed E-state index contributed by atoms with van der Waals surface area (Å²) in [6, 6.07) is 3.01. The molecule has 0 aliphatic heterocycles. The van der Waals surface area contributed by atoms with Crippen LogP contribution >= 0.6 is 11.8 Å². The molecule has 0 radical (unpaired) electrons. The van der Waals surface area contributed by atoms with E-state index in [1.165, 1.54) is 6.07 Å². The van der Waals surface area contributed by atoms with Gasteiger partial charge in [0, 0.05) is 12.2 Å². The zero-order chi connectivity index (χ0) is 15.0. The van der Waals surface area contributed by atoms with E-state index < -0.39 is 23.4 Å². The molecule has 0 fully saturated rings. The maximum absolute atomic E-state index is 13.4. The van der Waals surface area contributed by atoms with Crippen molar-refractivity contribution in [3.05, 3.63) is 29.6 Å². The summed E-state index contributed by atoms with van der Waals surface area (Å²) in [5.41, 5.74) is -0.206. The van der Waals surface area contributed by atoms with Crippen LogP contribution in [0.2, 0.25) is 0 Å². The van der Waals surface area contributed by atoms with Gasteiger partial charge in [0.2, 0.25) is 0 Å². The van der Waals surface area contributed by atoms with Gasteiger partial charge in [0.25, 0.3) is 0 Å². The van der Waals surface area contributed by atoms with Crippen molar-refractivity contribution in [3.63, 3.8) is 0 Å². The quantitative estimate of drug-likeness (QED) is 0.677. The second-order valence-corrected chi connectivity index (χ2v) is 5.07. The third-order valence-corrected chi connectivity index (χ3v) is 3.22. The molecule has 0 atom stereocenters. The van der Waals surface area contributed by atoms with Gasteiger partial charge in [-0.1, -0.05) is 0 Å². The van der Waals surface area contributed by atoms with Gasteiger partial charge in [-0.05, 0) is 43.0 Å². The lowest BCUT2D eigenvalue weighted by Crippen LogP contribution is -2.29. The number of carbonyl (C=O) groups excluding carboxylic acids is 1. The first kappa shape index (κ1) is 16.3. The lowest BCUT2D eigenvalue weighted by Gasteiger charge is -2.08. The predicted molar refractivity (Wildman–Crippen MR) is 78.0 cm³/mol. The minimum Gasteiger partial charge on any atom is -0.478 e. The number of benzene rings is 1. The Bertz CT molecular complexity index is 483. The van der Waals surface area contributed by atoms with Crippen LogP contribution in [-0.2, 0) is 0 Å². The summed E-state index contributed by atoms with van der Waals surface area (Å²) in [5.74, 6) is -1.17. The minimum atomic E-state index is -1.34. The molecule has 20 heavy (non-hydrogen) atoms. The summed E-state index contributed by atoms with van der Waals surface area (Å²) in [6.07, 6.45) is 3.92. The van der Waals surface area contributed by atoms with Gasteiger partial charge in [-0.25, -0.2) is 14.0 Å². The van der Waals surface area contributed by atoms with Crippen molar-refractivity contribution in [3.8, 4) is 0 Å². The number of carboxylic acid groups (broad SMARTS) is 1. The molecule has 0 saturated heterocycles. The van der Waals surface area contributed by atoms with Gasteiger partial charge in [-0.3, -0.25) is 0 Å². The van der Waals surface area contributed by atoms with Crippen molar-refractivity contribution in [2.75, 3.05) is 23.9 Å². The lowest BCUT2D eigenvalue weighted by molar-refractivity contribution is 0.0692. The summed E-state index contributed by atoms with van der Waals surface area (Å²) in [4.78, 5) is 22.2. The number of hydrogen-bond donors (Lipinski definition) is 3. The third kappa shape index (κ3) is 5.48. The lowest BCUT2D eigenvalue weighted by atomic mass is 10.2. The number of aromatic carboxylic acids is 1. The molecule has 0 aromatic heterocycles. The predicted octanol–water partition coefficient (Wildman–Crippen LogP) is 2.79. The Morgan fingerprint density at radius 1 is 1.35 bits per heavy atom. The number of unbranched alkanes of at least 4 members (excludes halogenated alkanes) is 1. The van der Waals surface area contributed by atoms with Crippen LogP contribution < -0.4 is 10.6 Å². The monoisotopic (exact) mass is 300 g/mol. The van der Waals surface area contributed by atoms with E-state index in [1.807, 2.05) is 6.26 Å². The molecule has 0 spiro atoms. The van der Waals surface area contributed by atoms with Crippen LogP contribution in [-0.4, -0.2) is 35.7 Å². The Kier molecular flexibility index (Phi) is 6.86. The smallest absolute Gasteiger partial charge is 0.338 e. The Hall–Kier alpha value is -1.76. The number of urea groups is 1. The minimum absolute atomic E-state index is 0.217. The van der Waals surface area contributed by atoms with E-state index in [0.717, 1.165) is 30.7 Å². The van der Waals surface area contributed by atoms with Crippen LogP contribution in [0.1, 0.15) is 23.2 Å². The number of halogens is 1. The Morgan fingerprint density at radius 3 is 2.70 bits per heavy atom. The van der Waals surface area contributed by atoms with Gasteiger partial charge in [0.15, 0.2) is 0 Å². The van der Waals surface area contributed by atoms with Crippen molar-refractivity contribution >= 4 is 29.4 Å². The van der Waals surface area contributed by atoms with Crippen LogP contribution in [0.4, 0.5) is 14.9 Å². The number of rotatable bonds is 7. The first-order valence-corrected chi connectivity index (χ1v) is 7.50. The number of amides is 2. The molecule has 3 N–H and O–H groups in total. The van der Waals surface area contributed by atoms with Crippen molar-refractivity contribution < 1.29 is 19.1 Å². The van der Waals surface area contributed by atoms with Crippen LogP contribution in [0, 0.1) is 5.82 Å². The molecule has 7 heteroatoms. The van der Waals surface area contributed by atoms with E-state index in [4.69, 9.17) is 5.11 Å². The molecular weight excluding hydrogens is 283 g/mol. The third-order valence-electron chi connectivity index (χ3n) is 2.52.